The molecule has 7 nitrogen and oxygen atoms in total. The third-order valence-corrected chi connectivity index (χ3v) is 5.93. The van der Waals surface area contributed by atoms with Crippen molar-refractivity contribution in [3.05, 3.63) is 23.5 Å². The standard InChI is InChI=1S/C20H28FN5O2.2C2H6/c1-14-12-17(21)16(13-18(14)27-3)19-22-20(23-28-19)26-6-4-15(5-7-26)25-10-8-24(2)9-11-25;2*1-2/h12-13,15H,4-11H2,1-3H3;2*1-2H3. The first-order valence-corrected chi connectivity index (χ1v) is 11.9. The van der Waals surface area contributed by atoms with E-state index in [1.165, 1.54) is 6.07 Å². The quantitative estimate of drug-likeness (QED) is 0.683. The largest absolute Gasteiger partial charge is 0.496 e. The Kier molecular flexibility index (Phi) is 10.4. The van der Waals surface area contributed by atoms with E-state index in [2.05, 4.69) is 31.9 Å². The number of aryl methyl sites for hydroxylation is 1. The molecule has 2 fully saturated rings. The predicted molar refractivity (Wildman–Crippen MR) is 128 cm³/mol. The summed E-state index contributed by atoms with van der Waals surface area (Å²) in [7, 11) is 3.74. The van der Waals surface area contributed by atoms with Crippen LogP contribution in [0.2, 0.25) is 0 Å². The summed E-state index contributed by atoms with van der Waals surface area (Å²) in [5, 5.41) is 4.09. The van der Waals surface area contributed by atoms with Crippen molar-refractivity contribution in [3.63, 3.8) is 0 Å². The van der Waals surface area contributed by atoms with Gasteiger partial charge >= 0.3 is 0 Å². The average Bonchev–Trinajstić information content (AvgIpc) is 3.32. The Balaban J connectivity index is 0.000000860. The van der Waals surface area contributed by atoms with Gasteiger partial charge in [-0.05, 0) is 49.7 Å². The molecule has 1 aromatic heterocycles. The summed E-state index contributed by atoms with van der Waals surface area (Å²) >= 11 is 0. The molecule has 0 atom stereocenters. The van der Waals surface area contributed by atoms with Crippen LogP contribution in [0.5, 0.6) is 5.75 Å². The van der Waals surface area contributed by atoms with Gasteiger partial charge in [0.2, 0.25) is 0 Å². The molecule has 0 bridgehead atoms. The second kappa shape index (κ2) is 12.7. The molecule has 180 valence electrons. The molecule has 32 heavy (non-hydrogen) atoms. The highest BCUT2D eigenvalue weighted by molar-refractivity contribution is 5.60. The summed E-state index contributed by atoms with van der Waals surface area (Å²) in [6.45, 7) is 16.1. The summed E-state index contributed by atoms with van der Waals surface area (Å²) in [5.41, 5.74) is 1.00. The average molecular weight is 450 g/mol. The molecule has 2 aromatic rings. The number of halogens is 1. The molecule has 0 aliphatic carbocycles. The molecule has 0 radical (unpaired) electrons. The van der Waals surface area contributed by atoms with Gasteiger partial charge in [0.15, 0.2) is 0 Å². The summed E-state index contributed by atoms with van der Waals surface area (Å²) in [6, 6.07) is 3.66. The van der Waals surface area contributed by atoms with Gasteiger partial charge in [-0.2, -0.15) is 4.98 Å². The van der Waals surface area contributed by atoms with Crippen LogP contribution in [-0.2, 0) is 0 Å². The maximum absolute atomic E-state index is 14.4. The van der Waals surface area contributed by atoms with E-state index < -0.39 is 0 Å². The molecule has 3 heterocycles. The van der Waals surface area contributed by atoms with Crippen LogP contribution in [0.25, 0.3) is 11.5 Å². The molecule has 2 aliphatic heterocycles. The van der Waals surface area contributed by atoms with E-state index in [1.54, 1.807) is 20.1 Å². The molecule has 0 amide bonds. The van der Waals surface area contributed by atoms with Crippen LogP contribution in [0.4, 0.5) is 10.3 Å². The van der Waals surface area contributed by atoms with Crippen molar-refractivity contribution in [1.82, 2.24) is 19.9 Å². The second-order valence-electron chi connectivity index (χ2n) is 7.76. The maximum atomic E-state index is 14.4. The lowest BCUT2D eigenvalue weighted by Gasteiger charge is -2.41. The molecule has 4 rings (SSSR count). The highest BCUT2D eigenvalue weighted by atomic mass is 19.1. The Labute approximate surface area is 192 Å². The van der Waals surface area contributed by atoms with Gasteiger partial charge in [-0.25, -0.2) is 4.39 Å². The number of anilines is 1. The number of likely N-dealkylation sites (N-methyl/N-ethyl adjacent to an activating group) is 1. The third-order valence-electron chi connectivity index (χ3n) is 5.93. The van der Waals surface area contributed by atoms with Crippen molar-refractivity contribution in [3.8, 4) is 17.2 Å². The predicted octanol–water partition coefficient (Wildman–Crippen LogP) is 4.46. The number of hydrogen-bond donors (Lipinski definition) is 0. The number of methoxy groups -OCH3 is 1. The van der Waals surface area contributed by atoms with E-state index in [4.69, 9.17) is 9.26 Å². The Bertz CT molecular complexity index is 813. The zero-order chi connectivity index (χ0) is 23.7. The number of nitrogens with zero attached hydrogens (tertiary/aromatic N) is 5. The summed E-state index contributed by atoms with van der Waals surface area (Å²) < 4.78 is 25.0. The third kappa shape index (κ3) is 6.19. The Morgan fingerprint density at radius 1 is 1.00 bits per heavy atom. The Hall–Kier alpha value is -2.19. The fraction of sp³-hybridized carbons (Fsp3) is 0.667. The number of hydrogen-bond acceptors (Lipinski definition) is 7. The second-order valence-corrected chi connectivity index (χ2v) is 7.76. The fourth-order valence-corrected chi connectivity index (χ4v) is 4.11. The molecule has 0 saturated carbocycles. The first-order valence-electron chi connectivity index (χ1n) is 11.9. The Morgan fingerprint density at radius 2 is 1.62 bits per heavy atom. The highest BCUT2D eigenvalue weighted by Crippen LogP contribution is 2.30. The maximum Gasteiger partial charge on any atom is 0.266 e. The lowest BCUT2D eigenvalue weighted by atomic mass is 10.0. The monoisotopic (exact) mass is 449 g/mol. The lowest BCUT2D eigenvalue weighted by Crippen LogP contribution is -2.52. The van der Waals surface area contributed by atoms with Gasteiger partial charge < -0.3 is 19.1 Å². The minimum absolute atomic E-state index is 0.187. The van der Waals surface area contributed by atoms with E-state index in [1.807, 2.05) is 27.7 Å². The van der Waals surface area contributed by atoms with E-state index >= 15 is 0 Å². The van der Waals surface area contributed by atoms with Crippen molar-refractivity contribution in [2.24, 2.45) is 0 Å². The van der Waals surface area contributed by atoms with Gasteiger partial charge in [0.05, 0.1) is 12.7 Å². The topological polar surface area (TPSA) is 57.9 Å². The first kappa shape index (κ1) is 26.1. The van der Waals surface area contributed by atoms with Gasteiger partial charge in [0.1, 0.15) is 11.6 Å². The molecule has 0 spiro atoms. The zero-order valence-corrected chi connectivity index (χ0v) is 20.8. The van der Waals surface area contributed by atoms with Crippen molar-refractivity contribution >= 4 is 5.95 Å². The molecular weight excluding hydrogens is 409 g/mol. The number of piperidine rings is 1. The van der Waals surface area contributed by atoms with Crippen LogP contribution in [0.3, 0.4) is 0 Å². The summed E-state index contributed by atoms with van der Waals surface area (Å²) in [5.74, 6) is 0.934. The zero-order valence-electron chi connectivity index (χ0n) is 20.8. The molecule has 2 saturated heterocycles. The summed E-state index contributed by atoms with van der Waals surface area (Å²) in [6.07, 6.45) is 2.17. The van der Waals surface area contributed by atoms with Gasteiger partial charge in [0.25, 0.3) is 11.8 Å². The smallest absolute Gasteiger partial charge is 0.266 e. The van der Waals surface area contributed by atoms with Crippen LogP contribution in [0.15, 0.2) is 16.7 Å². The SMILES string of the molecule is CC.CC.COc1cc(-c2nc(N3CCC(N4CCN(C)CC4)CC3)no2)c(F)cc1C. The Morgan fingerprint density at radius 3 is 2.22 bits per heavy atom. The van der Waals surface area contributed by atoms with E-state index in [0.717, 1.165) is 57.7 Å². The van der Waals surface area contributed by atoms with E-state index in [9.17, 15) is 4.39 Å². The number of benzene rings is 1. The van der Waals surface area contributed by atoms with Crippen molar-refractivity contribution in [2.45, 2.75) is 53.5 Å². The van der Waals surface area contributed by atoms with Crippen LogP contribution < -0.4 is 9.64 Å². The molecular formula is C24H40FN5O2. The molecule has 8 heteroatoms. The van der Waals surface area contributed by atoms with E-state index in [0.29, 0.717) is 17.7 Å². The lowest BCUT2D eigenvalue weighted by molar-refractivity contribution is 0.0980. The highest BCUT2D eigenvalue weighted by Gasteiger charge is 2.28. The molecule has 0 unspecified atom stereocenters. The van der Waals surface area contributed by atoms with Crippen molar-refractivity contribution in [1.29, 1.82) is 0 Å². The van der Waals surface area contributed by atoms with Gasteiger partial charge in [-0.1, -0.05) is 27.7 Å². The minimum atomic E-state index is -0.387. The molecule has 0 N–H and O–H groups in total. The summed E-state index contributed by atoms with van der Waals surface area (Å²) in [4.78, 5) is 11.6. The first-order chi connectivity index (χ1) is 15.5. The van der Waals surface area contributed by atoms with Crippen LogP contribution >= 0.6 is 0 Å². The van der Waals surface area contributed by atoms with Gasteiger partial charge in [0, 0.05) is 45.3 Å². The van der Waals surface area contributed by atoms with Crippen molar-refractivity contribution < 1.29 is 13.7 Å². The van der Waals surface area contributed by atoms with Crippen molar-refractivity contribution in [2.75, 3.05) is 58.3 Å². The van der Waals surface area contributed by atoms with Crippen LogP contribution in [0.1, 0.15) is 46.1 Å². The number of ether oxygens (including phenoxy) is 1. The normalized spacial score (nSPS) is 17.8. The fourth-order valence-electron chi connectivity index (χ4n) is 4.11. The number of piperazine rings is 1. The van der Waals surface area contributed by atoms with Gasteiger partial charge in [-0.3, -0.25) is 4.90 Å². The minimum Gasteiger partial charge on any atom is -0.496 e. The van der Waals surface area contributed by atoms with Crippen LogP contribution in [-0.4, -0.2) is 79.4 Å². The van der Waals surface area contributed by atoms with Gasteiger partial charge in [-0.15, -0.1) is 0 Å². The van der Waals surface area contributed by atoms with Crippen LogP contribution in [0, 0.1) is 12.7 Å². The molecule has 1 aromatic carbocycles. The molecule has 2 aliphatic rings. The van der Waals surface area contributed by atoms with E-state index in [-0.39, 0.29) is 17.3 Å². The number of rotatable bonds is 4. The number of aromatic nitrogens is 2.